The average Bonchev–Trinajstić information content (AvgIpc) is 2.75. The number of aryl methyl sites for hydroxylation is 1. The number of aromatic nitrogens is 2. The first kappa shape index (κ1) is 13.0. The monoisotopic (exact) mass is 272 g/mol. The van der Waals surface area contributed by atoms with Crippen molar-refractivity contribution < 1.29 is 13.2 Å². The number of carbonyl (C=O) groups is 1. The SMILES string of the molecule is Cc1cnn(C(=O)N2CCN(C[SH](=O)=O)CC2)c1. The highest BCUT2D eigenvalue weighted by Crippen LogP contribution is 2.05. The van der Waals surface area contributed by atoms with Gasteiger partial charge < -0.3 is 4.90 Å². The lowest BCUT2D eigenvalue weighted by Gasteiger charge is -2.33. The number of thiol groups is 1. The van der Waals surface area contributed by atoms with Crippen molar-refractivity contribution in [2.24, 2.45) is 0 Å². The number of hydrogen-bond donors (Lipinski definition) is 1. The van der Waals surface area contributed by atoms with Gasteiger partial charge in [-0.25, -0.2) is 13.2 Å². The number of carbonyl (C=O) groups excluding carboxylic acids is 1. The minimum Gasteiger partial charge on any atom is -0.320 e. The van der Waals surface area contributed by atoms with Crippen molar-refractivity contribution in [3.8, 4) is 0 Å². The molecule has 0 spiro atoms. The Morgan fingerprint density at radius 2 is 2.00 bits per heavy atom. The molecular formula is C10H16N4O3S. The van der Waals surface area contributed by atoms with Gasteiger partial charge in [-0.15, -0.1) is 0 Å². The molecule has 1 aromatic rings. The van der Waals surface area contributed by atoms with E-state index >= 15 is 0 Å². The zero-order valence-electron chi connectivity index (χ0n) is 10.2. The lowest BCUT2D eigenvalue weighted by atomic mass is 10.3. The number of amides is 1. The van der Waals surface area contributed by atoms with E-state index in [4.69, 9.17) is 0 Å². The van der Waals surface area contributed by atoms with Crippen LogP contribution in [0, 0.1) is 6.92 Å². The minimum absolute atomic E-state index is 0.0677. The molecule has 1 aromatic heterocycles. The lowest BCUT2D eigenvalue weighted by molar-refractivity contribution is 0.149. The molecule has 1 fully saturated rings. The maximum Gasteiger partial charge on any atom is 0.344 e. The van der Waals surface area contributed by atoms with E-state index in [0.29, 0.717) is 26.2 Å². The predicted octanol–water partition coefficient (Wildman–Crippen LogP) is -0.654. The molecule has 1 saturated heterocycles. The second-order valence-corrected chi connectivity index (χ2v) is 5.27. The van der Waals surface area contributed by atoms with Crippen molar-refractivity contribution in [1.82, 2.24) is 19.6 Å². The summed E-state index contributed by atoms with van der Waals surface area (Å²) >= 11 is 0. The third kappa shape index (κ3) is 3.08. The van der Waals surface area contributed by atoms with E-state index in [0.717, 1.165) is 5.56 Å². The first-order valence-electron chi connectivity index (χ1n) is 5.71. The van der Waals surface area contributed by atoms with E-state index in [1.807, 2.05) is 11.8 Å². The van der Waals surface area contributed by atoms with E-state index < -0.39 is 10.7 Å². The van der Waals surface area contributed by atoms with Crippen LogP contribution in [-0.2, 0) is 10.7 Å². The smallest absolute Gasteiger partial charge is 0.320 e. The Kier molecular flexibility index (Phi) is 3.97. The van der Waals surface area contributed by atoms with Crippen LogP contribution in [-0.4, -0.2) is 66.1 Å². The van der Waals surface area contributed by atoms with Gasteiger partial charge in [0.1, 0.15) is 0 Å². The molecule has 7 nitrogen and oxygen atoms in total. The van der Waals surface area contributed by atoms with Crippen molar-refractivity contribution in [2.75, 3.05) is 32.1 Å². The second-order valence-electron chi connectivity index (χ2n) is 4.32. The van der Waals surface area contributed by atoms with Crippen molar-refractivity contribution >= 4 is 16.7 Å². The summed E-state index contributed by atoms with van der Waals surface area (Å²) < 4.78 is 22.5. The zero-order chi connectivity index (χ0) is 13.1. The minimum atomic E-state index is -2.39. The van der Waals surface area contributed by atoms with Crippen LogP contribution >= 0.6 is 0 Å². The Bertz CT molecular complexity index is 495. The van der Waals surface area contributed by atoms with Gasteiger partial charge in [0.2, 0.25) is 0 Å². The van der Waals surface area contributed by atoms with Crippen LogP contribution in [0.5, 0.6) is 0 Å². The molecule has 0 saturated carbocycles. The number of rotatable bonds is 2. The van der Waals surface area contributed by atoms with Crippen molar-refractivity contribution in [1.29, 1.82) is 0 Å². The number of nitrogens with zero attached hydrogens (tertiary/aromatic N) is 4. The van der Waals surface area contributed by atoms with Crippen LogP contribution in [0.15, 0.2) is 12.4 Å². The van der Waals surface area contributed by atoms with Gasteiger partial charge in [0.05, 0.1) is 12.1 Å². The zero-order valence-corrected chi connectivity index (χ0v) is 11.0. The third-order valence-electron chi connectivity index (χ3n) is 2.87. The molecule has 0 aliphatic carbocycles. The van der Waals surface area contributed by atoms with Crippen LogP contribution in [0.2, 0.25) is 0 Å². The van der Waals surface area contributed by atoms with Crippen molar-refractivity contribution in [3.05, 3.63) is 18.0 Å². The summed E-state index contributed by atoms with van der Waals surface area (Å²) in [6.07, 6.45) is 3.32. The summed E-state index contributed by atoms with van der Waals surface area (Å²) in [5.74, 6) is 0.0677. The molecule has 0 N–H and O–H groups in total. The Balaban J connectivity index is 1.91. The van der Waals surface area contributed by atoms with Gasteiger partial charge in [0.25, 0.3) is 0 Å². The fourth-order valence-corrected chi connectivity index (χ4v) is 2.52. The molecule has 1 amide bonds. The third-order valence-corrected chi connectivity index (χ3v) is 3.50. The molecule has 18 heavy (non-hydrogen) atoms. The lowest BCUT2D eigenvalue weighted by Crippen LogP contribution is -2.50. The van der Waals surface area contributed by atoms with Gasteiger partial charge in [-0.05, 0) is 12.5 Å². The Morgan fingerprint density at radius 3 is 2.50 bits per heavy atom. The van der Waals surface area contributed by atoms with Gasteiger partial charge in [-0.1, -0.05) is 0 Å². The highest BCUT2D eigenvalue weighted by molar-refractivity contribution is 7.72. The first-order chi connectivity index (χ1) is 8.56. The fraction of sp³-hybridized carbons (Fsp3) is 0.600. The molecule has 2 heterocycles. The van der Waals surface area contributed by atoms with Gasteiger partial charge in [-0.3, -0.25) is 4.90 Å². The second kappa shape index (κ2) is 5.49. The quantitative estimate of drug-likeness (QED) is 0.724. The molecule has 0 unspecified atom stereocenters. The summed E-state index contributed by atoms with van der Waals surface area (Å²) in [7, 11) is -2.39. The summed E-state index contributed by atoms with van der Waals surface area (Å²) in [6, 6.07) is -0.158. The molecule has 0 bridgehead atoms. The molecule has 0 radical (unpaired) electrons. The molecule has 100 valence electrons. The summed E-state index contributed by atoms with van der Waals surface area (Å²) in [5, 5.41) is 3.97. The molecule has 2 rings (SSSR count). The van der Waals surface area contributed by atoms with Crippen LogP contribution in [0.1, 0.15) is 5.56 Å². The summed E-state index contributed by atoms with van der Waals surface area (Å²) in [5.41, 5.74) is 0.935. The van der Waals surface area contributed by atoms with E-state index in [-0.39, 0.29) is 11.9 Å². The molecule has 0 aromatic carbocycles. The standard InChI is InChI=1S/C10H16N4O3S/c1-9-6-11-14(7-9)10(15)13-4-2-12(3-5-13)8-18(16)17/h6-7,18H,2-5,8H2,1H3. The molecule has 8 heteroatoms. The number of piperazine rings is 1. The summed E-state index contributed by atoms with van der Waals surface area (Å²) in [4.78, 5) is 15.5. The highest BCUT2D eigenvalue weighted by Gasteiger charge is 2.22. The Hall–Kier alpha value is -1.41. The topological polar surface area (TPSA) is 75.5 Å². The van der Waals surface area contributed by atoms with Crippen LogP contribution < -0.4 is 0 Å². The first-order valence-corrected chi connectivity index (χ1v) is 7.07. The van der Waals surface area contributed by atoms with Crippen LogP contribution in [0.3, 0.4) is 0 Å². The summed E-state index contributed by atoms with van der Waals surface area (Å²) in [6.45, 7) is 4.09. The average molecular weight is 272 g/mol. The largest absolute Gasteiger partial charge is 0.344 e. The Morgan fingerprint density at radius 1 is 1.33 bits per heavy atom. The van der Waals surface area contributed by atoms with Gasteiger partial charge in [-0.2, -0.15) is 9.78 Å². The normalized spacial score (nSPS) is 17.3. The van der Waals surface area contributed by atoms with Crippen LogP contribution in [0.25, 0.3) is 0 Å². The van der Waals surface area contributed by atoms with Gasteiger partial charge in [0.15, 0.2) is 10.7 Å². The maximum absolute atomic E-state index is 12.0. The molecular weight excluding hydrogens is 256 g/mol. The fourth-order valence-electron chi connectivity index (χ4n) is 1.91. The predicted molar refractivity (Wildman–Crippen MR) is 66.1 cm³/mol. The number of hydrogen-bond acceptors (Lipinski definition) is 5. The van der Waals surface area contributed by atoms with E-state index in [1.165, 1.54) is 4.68 Å². The van der Waals surface area contributed by atoms with E-state index in [2.05, 4.69) is 5.10 Å². The molecule has 0 atom stereocenters. The van der Waals surface area contributed by atoms with Gasteiger partial charge in [0, 0.05) is 32.4 Å². The van der Waals surface area contributed by atoms with Crippen molar-refractivity contribution in [3.63, 3.8) is 0 Å². The highest BCUT2D eigenvalue weighted by atomic mass is 32.2. The van der Waals surface area contributed by atoms with Crippen LogP contribution in [0.4, 0.5) is 4.79 Å². The van der Waals surface area contributed by atoms with E-state index in [9.17, 15) is 13.2 Å². The van der Waals surface area contributed by atoms with E-state index in [1.54, 1.807) is 17.3 Å². The molecule has 1 aliphatic rings. The van der Waals surface area contributed by atoms with Gasteiger partial charge >= 0.3 is 6.03 Å². The van der Waals surface area contributed by atoms with Crippen molar-refractivity contribution in [2.45, 2.75) is 6.92 Å². The molecule has 1 aliphatic heterocycles. The Labute approximate surface area is 107 Å². The maximum atomic E-state index is 12.0.